The van der Waals surface area contributed by atoms with E-state index in [-0.39, 0.29) is 0 Å². The number of nitrogen functional groups attached to an aromatic ring is 1. The predicted molar refractivity (Wildman–Crippen MR) is 87.4 cm³/mol. The van der Waals surface area contributed by atoms with E-state index in [2.05, 4.69) is 54.0 Å². The Morgan fingerprint density at radius 2 is 2.05 bits per heavy atom. The van der Waals surface area contributed by atoms with E-state index >= 15 is 0 Å². The molecule has 0 radical (unpaired) electrons. The summed E-state index contributed by atoms with van der Waals surface area (Å²) in [5.74, 6) is 1.84. The maximum absolute atomic E-state index is 5.95. The number of nitrogens with zero attached hydrogens (tertiary/aromatic N) is 3. The first kappa shape index (κ1) is 13.9. The van der Waals surface area contributed by atoms with E-state index < -0.39 is 0 Å². The molecule has 2 N–H and O–H groups in total. The molecule has 0 fully saturated rings. The second-order valence-corrected chi connectivity index (χ2v) is 6.22. The summed E-state index contributed by atoms with van der Waals surface area (Å²) >= 11 is 0. The van der Waals surface area contributed by atoms with Crippen molar-refractivity contribution in [2.45, 2.75) is 26.7 Å². The van der Waals surface area contributed by atoms with Gasteiger partial charge in [0.2, 0.25) is 0 Å². The van der Waals surface area contributed by atoms with Crippen molar-refractivity contribution in [1.29, 1.82) is 0 Å². The van der Waals surface area contributed by atoms with Gasteiger partial charge in [0.05, 0.1) is 0 Å². The summed E-state index contributed by atoms with van der Waals surface area (Å²) in [6.07, 6.45) is 2.01. The number of hydrogen-bond acceptors (Lipinski definition) is 4. The first-order chi connectivity index (χ1) is 10.0. The van der Waals surface area contributed by atoms with Crippen LogP contribution in [0, 0.1) is 5.92 Å². The van der Waals surface area contributed by atoms with Gasteiger partial charge in [-0.15, -0.1) is 0 Å². The van der Waals surface area contributed by atoms with Gasteiger partial charge < -0.3 is 10.6 Å². The molecule has 1 aromatic heterocycles. The molecule has 4 nitrogen and oxygen atoms in total. The molecule has 0 bridgehead atoms. The highest BCUT2D eigenvalue weighted by atomic mass is 15.1. The van der Waals surface area contributed by atoms with E-state index in [9.17, 15) is 0 Å². The number of anilines is 2. The minimum absolute atomic E-state index is 0.549. The smallest absolute Gasteiger partial charge is 0.161 e. The Balaban J connectivity index is 1.99. The van der Waals surface area contributed by atoms with Crippen LogP contribution in [0.15, 0.2) is 24.3 Å². The second-order valence-electron chi connectivity index (χ2n) is 6.22. The lowest BCUT2D eigenvalue weighted by Crippen LogP contribution is -2.12. The molecule has 0 saturated heterocycles. The van der Waals surface area contributed by atoms with Gasteiger partial charge in [-0.3, -0.25) is 0 Å². The fourth-order valence-electron chi connectivity index (χ4n) is 2.88. The lowest BCUT2D eigenvalue weighted by molar-refractivity contribution is 0.635. The van der Waals surface area contributed by atoms with Crippen molar-refractivity contribution in [3.8, 4) is 11.4 Å². The Kier molecular flexibility index (Phi) is 3.53. The Morgan fingerprint density at radius 3 is 2.81 bits per heavy atom. The third kappa shape index (κ3) is 2.84. The van der Waals surface area contributed by atoms with Gasteiger partial charge in [-0.1, -0.05) is 13.8 Å². The van der Waals surface area contributed by atoms with Crippen LogP contribution in [0.5, 0.6) is 0 Å². The topological polar surface area (TPSA) is 55.0 Å². The highest BCUT2D eigenvalue weighted by molar-refractivity contribution is 5.67. The van der Waals surface area contributed by atoms with Gasteiger partial charge in [-0.2, -0.15) is 0 Å². The van der Waals surface area contributed by atoms with Crippen LogP contribution in [0.25, 0.3) is 11.4 Å². The molecule has 0 atom stereocenters. The van der Waals surface area contributed by atoms with Crippen molar-refractivity contribution < 1.29 is 0 Å². The van der Waals surface area contributed by atoms with Crippen LogP contribution < -0.4 is 10.6 Å². The molecule has 1 aliphatic rings. The highest BCUT2D eigenvalue weighted by Gasteiger charge is 2.17. The molecular formula is C17H22N4. The molecule has 1 aliphatic heterocycles. The normalized spacial score (nSPS) is 13.8. The standard InChI is InChI=1S/C17H22N4/c1-11(2)8-14-10-16(18)20-17(19-14)13-4-5-15-12(9-13)6-7-21(15)3/h4-5,9-11H,6-8H2,1-3H3,(H2,18,19,20). The van der Waals surface area contributed by atoms with Crippen LogP contribution in [-0.4, -0.2) is 23.6 Å². The van der Waals surface area contributed by atoms with E-state index in [0.717, 1.165) is 36.5 Å². The zero-order valence-corrected chi connectivity index (χ0v) is 12.9. The molecule has 0 amide bonds. The average Bonchev–Trinajstić information content (AvgIpc) is 2.78. The van der Waals surface area contributed by atoms with Gasteiger partial charge in [-0.05, 0) is 42.5 Å². The lowest BCUT2D eigenvalue weighted by Gasteiger charge is -2.12. The molecule has 0 saturated carbocycles. The molecule has 0 unspecified atom stereocenters. The molecule has 21 heavy (non-hydrogen) atoms. The summed E-state index contributed by atoms with van der Waals surface area (Å²) in [7, 11) is 2.13. The van der Waals surface area contributed by atoms with Crippen molar-refractivity contribution in [2.24, 2.45) is 5.92 Å². The second kappa shape index (κ2) is 5.35. The number of fused-ring (bicyclic) bond motifs is 1. The monoisotopic (exact) mass is 282 g/mol. The van der Waals surface area contributed by atoms with Gasteiger partial charge in [0.15, 0.2) is 5.82 Å². The minimum atomic E-state index is 0.549. The van der Waals surface area contributed by atoms with Gasteiger partial charge in [-0.25, -0.2) is 9.97 Å². The van der Waals surface area contributed by atoms with E-state index in [1.165, 1.54) is 11.3 Å². The molecule has 1 aromatic carbocycles. The lowest BCUT2D eigenvalue weighted by atomic mass is 10.1. The van der Waals surface area contributed by atoms with Crippen LogP contribution >= 0.6 is 0 Å². The van der Waals surface area contributed by atoms with Gasteiger partial charge in [0.1, 0.15) is 5.82 Å². The fraction of sp³-hybridized carbons (Fsp3) is 0.412. The van der Waals surface area contributed by atoms with Crippen molar-refractivity contribution in [3.05, 3.63) is 35.5 Å². The van der Waals surface area contributed by atoms with E-state index in [1.54, 1.807) is 0 Å². The number of hydrogen-bond donors (Lipinski definition) is 1. The Hall–Kier alpha value is -2.10. The SMILES string of the molecule is CC(C)Cc1cc(N)nc(-c2ccc3c(c2)CCN3C)n1. The molecule has 0 aliphatic carbocycles. The maximum Gasteiger partial charge on any atom is 0.161 e. The van der Waals surface area contributed by atoms with Gasteiger partial charge in [0.25, 0.3) is 0 Å². The van der Waals surface area contributed by atoms with Crippen LogP contribution in [0.2, 0.25) is 0 Å². The number of rotatable bonds is 3. The van der Waals surface area contributed by atoms with Crippen molar-refractivity contribution in [1.82, 2.24) is 9.97 Å². The minimum Gasteiger partial charge on any atom is -0.384 e. The largest absolute Gasteiger partial charge is 0.384 e. The summed E-state index contributed by atoms with van der Waals surface area (Å²) in [5.41, 5.74) is 10.7. The number of nitrogens with two attached hydrogens (primary N) is 1. The predicted octanol–water partition coefficient (Wildman–Crippen LogP) is 2.92. The summed E-state index contributed by atoms with van der Waals surface area (Å²) in [4.78, 5) is 11.4. The average molecular weight is 282 g/mol. The summed E-state index contributed by atoms with van der Waals surface area (Å²) in [6, 6.07) is 8.33. The quantitative estimate of drug-likeness (QED) is 0.940. The van der Waals surface area contributed by atoms with E-state index in [4.69, 9.17) is 5.73 Å². The summed E-state index contributed by atoms with van der Waals surface area (Å²) in [6.45, 7) is 5.45. The molecule has 2 heterocycles. The van der Waals surface area contributed by atoms with Crippen LogP contribution in [0.3, 0.4) is 0 Å². The summed E-state index contributed by atoms with van der Waals surface area (Å²) in [5, 5.41) is 0. The first-order valence-electron chi connectivity index (χ1n) is 7.51. The van der Waals surface area contributed by atoms with Crippen molar-refractivity contribution in [3.63, 3.8) is 0 Å². The molecule has 2 aromatic rings. The Labute approximate surface area is 126 Å². The van der Waals surface area contributed by atoms with Crippen molar-refractivity contribution >= 4 is 11.5 Å². The molecular weight excluding hydrogens is 260 g/mol. The van der Waals surface area contributed by atoms with Crippen LogP contribution in [-0.2, 0) is 12.8 Å². The van der Waals surface area contributed by atoms with Crippen molar-refractivity contribution in [2.75, 3.05) is 24.2 Å². The maximum atomic E-state index is 5.95. The summed E-state index contributed by atoms with van der Waals surface area (Å²) < 4.78 is 0. The third-order valence-corrected chi connectivity index (χ3v) is 3.88. The van der Waals surface area contributed by atoms with E-state index in [0.29, 0.717) is 11.7 Å². The first-order valence-corrected chi connectivity index (χ1v) is 7.51. The zero-order chi connectivity index (χ0) is 15.0. The fourth-order valence-corrected chi connectivity index (χ4v) is 2.88. The van der Waals surface area contributed by atoms with Crippen LogP contribution in [0.1, 0.15) is 25.1 Å². The molecule has 4 heteroatoms. The Bertz CT molecular complexity index is 664. The van der Waals surface area contributed by atoms with Crippen LogP contribution in [0.4, 0.5) is 11.5 Å². The zero-order valence-electron chi connectivity index (χ0n) is 12.9. The molecule has 0 spiro atoms. The Morgan fingerprint density at radius 1 is 1.24 bits per heavy atom. The number of benzene rings is 1. The third-order valence-electron chi connectivity index (χ3n) is 3.88. The number of likely N-dealkylation sites (N-methyl/N-ethyl adjacent to an activating group) is 1. The van der Waals surface area contributed by atoms with Gasteiger partial charge >= 0.3 is 0 Å². The van der Waals surface area contributed by atoms with E-state index in [1.807, 2.05) is 6.07 Å². The van der Waals surface area contributed by atoms with Gasteiger partial charge in [0, 0.05) is 36.6 Å². The molecule has 3 rings (SSSR count). The number of aromatic nitrogens is 2. The highest BCUT2D eigenvalue weighted by Crippen LogP contribution is 2.30. The molecule has 110 valence electrons.